The molecule has 3 aromatic carbocycles. The van der Waals surface area contributed by atoms with Gasteiger partial charge in [-0.1, -0.05) is 29.8 Å². The molecule has 9 heteroatoms. The van der Waals surface area contributed by atoms with E-state index in [1.807, 2.05) is 44.2 Å². The molecule has 5 rings (SSSR count). The predicted molar refractivity (Wildman–Crippen MR) is 144 cm³/mol. The van der Waals surface area contributed by atoms with Crippen LogP contribution >= 0.6 is 0 Å². The Hall–Kier alpha value is -4.66. The fourth-order valence-electron chi connectivity index (χ4n) is 4.77. The van der Waals surface area contributed by atoms with Crippen molar-refractivity contribution in [3.8, 4) is 34.6 Å². The third-order valence-electron chi connectivity index (χ3n) is 6.59. The summed E-state index contributed by atoms with van der Waals surface area (Å²) in [5.74, 6) is 2.07. The Balaban J connectivity index is 1.61. The van der Waals surface area contributed by atoms with Crippen LogP contribution in [0, 0.1) is 13.8 Å². The second-order valence-electron chi connectivity index (χ2n) is 9.09. The highest BCUT2D eigenvalue weighted by Gasteiger charge is 2.31. The molecule has 0 unspecified atom stereocenters. The molecule has 0 spiro atoms. The Morgan fingerprint density at radius 1 is 0.974 bits per heavy atom. The highest BCUT2D eigenvalue weighted by Crippen LogP contribution is 2.42. The summed E-state index contributed by atoms with van der Waals surface area (Å²) in [6, 6.07) is 16.5. The zero-order chi connectivity index (χ0) is 27.0. The van der Waals surface area contributed by atoms with E-state index in [1.54, 1.807) is 43.2 Å². The van der Waals surface area contributed by atoms with Gasteiger partial charge in [-0.25, -0.2) is 9.36 Å². The lowest BCUT2D eigenvalue weighted by molar-refractivity contribution is -0.117. The number of aromatic nitrogens is 2. The third-order valence-corrected chi connectivity index (χ3v) is 6.59. The molecule has 1 aliphatic rings. The Labute approximate surface area is 220 Å². The number of fused-ring (bicyclic) bond motifs is 2. The Morgan fingerprint density at radius 3 is 2.47 bits per heavy atom. The van der Waals surface area contributed by atoms with Crippen LogP contribution in [0.3, 0.4) is 0 Å². The molecule has 0 fully saturated rings. The van der Waals surface area contributed by atoms with E-state index in [4.69, 9.17) is 18.9 Å². The van der Waals surface area contributed by atoms with Crippen LogP contribution in [0.5, 0.6) is 28.9 Å². The fourth-order valence-corrected chi connectivity index (χ4v) is 4.77. The minimum atomic E-state index is -0.373. The molecule has 0 aliphatic carbocycles. The van der Waals surface area contributed by atoms with Crippen molar-refractivity contribution in [1.29, 1.82) is 0 Å². The standard InChI is InChI=1S/C29H29N3O6/c1-17-9-11-23(18(2)13-17)32-28(34)21-14-19-7-6-8-25(37-5)27(19)38-29(21)31(32)16-26(33)30-22-15-20(35-3)10-12-24(22)36-4/h6-13,15H,14,16H2,1-5H3,(H,30,33). The first kappa shape index (κ1) is 25.0. The van der Waals surface area contributed by atoms with Crippen LogP contribution < -0.4 is 29.8 Å². The lowest BCUT2D eigenvalue weighted by Crippen LogP contribution is -2.28. The molecule has 9 nitrogen and oxygen atoms in total. The van der Waals surface area contributed by atoms with Gasteiger partial charge < -0.3 is 24.3 Å². The SMILES string of the molecule is COc1ccc(OC)c(NC(=O)Cn2c3c(c(=O)n2-c2ccc(C)cc2C)Cc2cccc(OC)c2O3)c1. The molecule has 1 amide bonds. The van der Waals surface area contributed by atoms with E-state index in [-0.39, 0.29) is 18.0 Å². The Kier molecular flexibility index (Phi) is 6.59. The largest absolute Gasteiger partial charge is 0.497 e. The summed E-state index contributed by atoms with van der Waals surface area (Å²) in [6.07, 6.45) is 0.351. The van der Waals surface area contributed by atoms with Crippen LogP contribution in [0.15, 0.2) is 59.4 Å². The maximum Gasteiger partial charge on any atom is 0.278 e. The van der Waals surface area contributed by atoms with Gasteiger partial charge in [-0.3, -0.25) is 9.59 Å². The lowest BCUT2D eigenvalue weighted by Gasteiger charge is -2.21. The topological polar surface area (TPSA) is 93.0 Å². The monoisotopic (exact) mass is 515 g/mol. The summed E-state index contributed by atoms with van der Waals surface area (Å²) >= 11 is 0. The summed E-state index contributed by atoms with van der Waals surface area (Å²) in [4.78, 5) is 27.2. The number of carbonyl (C=O) groups is 1. The van der Waals surface area contributed by atoms with Gasteiger partial charge in [-0.15, -0.1) is 0 Å². The zero-order valence-corrected chi connectivity index (χ0v) is 22.0. The van der Waals surface area contributed by atoms with Crippen molar-refractivity contribution in [3.63, 3.8) is 0 Å². The number of benzene rings is 3. The number of hydrogen-bond donors (Lipinski definition) is 1. The number of amides is 1. The minimum Gasteiger partial charge on any atom is -0.497 e. The van der Waals surface area contributed by atoms with E-state index in [1.165, 1.54) is 11.8 Å². The molecule has 0 bridgehead atoms. The first-order valence-electron chi connectivity index (χ1n) is 12.1. The van der Waals surface area contributed by atoms with Gasteiger partial charge in [0.25, 0.3) is 5.56 Å². The van der Waals surface area contributed by atoms with Crippen molar-refractivity contribution in [2.45, 2.75) is 26.8 Å². The van der Waals surface area contributed by atoms with E-state index >= 15 is 0 Å². The Morgan fingerprint density at radius 2 is 1.76 bits per heavy atom. The summed E-state index contributed by atoms with van der Waals surface area (Å²) in [5.41, 5.74) is 4.15. The normalized spacial score (nSPS) is 11.7. The van der Waals surface area contributed by atoms with Crippen molar-refractivity contribution >= 4 is 11.6 Å². The van der Waals surface area contributed by atoms with E-state index in [0.717, 1.165) is 16.7 Å². The van der Waals surface area contributed by atoms with E-state index in [0.29, 0.717) is 52.2 Å². The van der Waals surface area contributed by atoms with Gasteiger partial charge in [-0.05, 0) is 43.7 Å². The summed E-state index contributed by atoms with van der Waals surface area (Å²) in [5, 5.41) is 2.88. The van der Waals surface area contributed by atoms with Gasteiger partial charge >= 0.3 is 0 Å². The summed E-state index contributed by atoms with van der Waals surface area (Å²) < 4.78 is 25.6. The van der Waals surface area contributed by atoms with Crippen molar-refractivity contribution < 1.29 is 23.7 Å². The first-order chi connectivity index (χ1) is 18.3. The van der Waals surface area contributed by atoms with Crippen molar-refractivity contribution in [2.24, 2.45) is 0 Å². The van der Waals surface area contributed by atoms with Gasteiger partial charge in [-0.2, -0.15) is 0 Å². The number of nitrogens with zero attached hydrogens (tertiary/aromatic N) is 2. The highest BCUT2D eigenvalue weighted by atomic mass is 16.5. The molecule has 0 atom stereocenters. The molecule has 1 aromatic heterocycles. The number of para-hydroxylation sites is 1. The number of ether oxygens (including phenoxy) is 4. The second-order valence-corrected chi connectivity index (χ2v) is 9.09. The molecule has 38 heavy (non-hydrogen) atoms. The highest BCUT2D eigenvalue weighted by molar-refractivity contribution is 5.92. The summed E-state index contributed by atoms with van der Waals surface area (Å²) in [6.45, 7) is 3.73. The van der Waals surface area contributed by atoms with Gasteiger partial charge in [0.1, 0.15) is 18.0 Å². The lowest BCUT2D eigenvalue weighted by atomic mass is 10.0. The second kappa shape index (κ2) is 10.0. The van der Waals surface area contributed by atoms with Crippen LogP contribution in [0.25, 0.3) is 5.69 Å². The van der Waals surface area contributed by atoms with E-state index < -0.39 is 0 Å². The number of aryl methyl sites for hydroxylation is 2. The zero-order valence-electron chi connectivity index (χ0n) is 22.0. The van der Waals surface area contributed by atoms with Gasteiger partial charge in [0.15, 0.2) is 11.5 Å². The molecular formula is C29H29N3O6. The maximum absolute atomic E-state index is 13.8. The van der Waals surface area contributed by atoms with Crippen molar-refractivity contribution in [2.75, 3.05) is 26.6 Å². The molecule has 0 saturated heterocycles. The fraction of sp³-hybridized carbons (Fsp3) is 0.241. The predicted octanol–water partition coefficient (Wildman–Crippen LogP) is 4.62. The molecule has 0 radical (unpaired) electrons. The maximum atomic E-state index is 13.8. The molecule has 2 heterocycles. The average molecular weight is 516 g/mol. The number of nitrogens with one attached hydrogen (secondary N) is 1. The van der Waals surface area contributed by atoms with E-state index in [9.17, 15) is 9.59 Å². The summed E-state index contributed by atoms with van der Waals surface area (Å²) in [7, 11) is 4.64. The minimum absolute atomic E-state index is 0.192. The number of rotatable bonds is 7. The van der Waals surface area contributed by atoms with Crippen molar-refractivity contribution in [3.05, 3.63) is 87.2 Å². The molecule has 1 N–H and O–H groups in total. The molecule has 4 aromatic rings. The molecular weight excluding hydrogens is 486 g/mol. The van der Waals surface area contributed by atoms with Gasteiger partial charge in [0, 0.05) is 18.1 Å². The van der Waals surface area contributed by atoms with Gasteiger partial charge in [0.2, 0.25) is 11.8 Å². The first-order valence-corrected chi connectivity index (χ1v) is 12.1. The van der Waals surface area contributed by atoms with Crippen LogP contribution in [0.1, 0.15) is 22.3 Å². The number of methoxy groups -OCH3 is 3. The Bertz CT molecular complexity index is 1600. The smallest absolute Gasteiger partial charge is 0.278 e. The van der Waals surface area contributed by atoms with Crippen LogP contribution in [-0.4, -0.2) is 36.6 Å². The number of anilines is 1. The van der Waals surface area contributed by atoms with Crippen LogP contribution in [0.2, 0.25) is 0 Å². The third kappa shape index (κ3) is 4.36. The molecule has 196 valence electrons. The average Bonchev–Trinajstić information content (AvgIpc) is 3.17. The van der Waals surface area contributed by atoms with Gasteiger partial charge in [0.05, 0.1) is 38.3 Å². The number of carbonyl (C=O) groups excluding carboxylic acids is 1. The van der Waals surface area contributed by atoms with Crippen LogP contribution in [-0.2, 0) is 17.8 Å². The van der Waals surface area contributed by atoms with Crippen LogP contribution in [0.4, 0.5) is 5.69 Å². The van der Waals surface area contributed by atoms with Crippen molar-refractivity contribution in [1.82, 2.24) is 9.36 Å². The van der Waals surface area contributed by atoms with E-state index in [2.05, 4.69) is 5.32 Å². The molecule has 1 aliphatic heterocycles. The number of hydrogen-bond acceptors (Lipinski definition) is 6. The molecule has 0 saturated carbocycles. The quantitative estimate of drug-likeness (QED) is 0.340.